The smallest absolute Gasteiger partial charge is 0.352 e. The molecule has 164 valence electrons. The van der Waals surface area contributed by atoms with Crippen LogP contribution < -0.4 is 5.32 Å². The number of hydrogen-bond donors (Lipinski definition) is 1. The lowest BCUT2D eigenvalue weighted by Gasteiger charge is -2.16. The third-order valence-electron chi connectivity index (χ3n) is 5.69. The summed E-state index contributed by atoms with van der Waals surface area (Å²) in [5, 5.41) is 2.62. The van der Waals surface area contributed by atoms with Crippen LogP contribution in [0.25, 0.3) is 0 Å². The summed E-state index contributed by atoms with van der Waals surface area (Å²) in [7, 11) is 0. The Morgan fingerprint density at radius 2 is 1.61 bits per heavy atom. The zero-order valence-corrected chi connectivity index (χ0v) is 17.6. The molecule has 0 aromatic heterocycles. The molecule has 1 saturated carbocycles. The Labute approximate surface area is 178 Å². The van der Waals surface area contributed by atoms with Crippen LogP contribution in [0.4, 0.5) is 13.2 Å². The molecule has 1 aliphatic carbocycles. The molecule has 0 spiro atoms. The molecule has 2 atom stereocenters. The van der Waals surface area contributed by atoms with E-state index < -0.39 is 29.5 Å². The van der Waals surface area contributed by atoms with Crippen LogP contribution in [0.15, 0.2) is 36.4 Å². The molecule has 31 heavy (non-hydrogen) atoms. The van der Waals surface area contributed by atoms with Crippen LogP contribution in [0.3, 0.4) is 0 Å². The van der Waals surface area contributed by atoms with Gasteiger partial charge in [0, 0.05) is 25.3 Å². The third kappa shape index (κ3) is 5.03. The maximum Gasteiger partial charge on any atom is 0.416 e. The van der Waals surface area contributed by atoms with E-state index in [0.717, 1.165) is 34.4 Å². The highest BCUT2D eigenvalue weighted by Crippen LogP contribution is 2.37. The topological polar surface area (TPSA) is 63.2 Å². The summed E-state index contributed by atoms with van der Waals surface area (Å²) in [6.45, 7) is 5.75. The van der Waals surface area contributed by atoms with Crippen LogP contribution in [0, 0.1) is 26.7 Å². The second-order valence-electron chi connectivity index (χ2n) is 8.19. The zero-order chi connectivity index (χ0) is 22.9. The van der Waals surface area contributed by atoms with Crippen LogP contribution in [-0.2, 0) is 27.1 Å². The Kier molecular flexibility index (Phi) is 6.34. The molecule has 0 heterocycles. The molecule has 1 N–H and O–H groups in total. The summed E-state index contributed by atoms with van der Waals surface area (Å²) in [6, 6.07) is 8.38. The van der Waals surface area contributed by atoms with Crippen molar-refractivity contribution in [1.29, 1.82) is 0 Å². The van der Waals surface area contributed by atoms with Crippen LogP contribution in [0.2, 0.25) is 0 Å². The van der Waals surface area contributed by atoms with Gasteiger partial charge in [0.15, 0.2) is 5.78 Å². The minimum atomic E-state index is -4.41. The maximum absolute atomic E-state index is 12.9. The van der Waals surface area contributed by atoms with Crippen molar-refractivity contribution in [3.8, 4) is 0 Å². The lowest BCUT2D eigenvalue weighted by atomic mass is 9.86. The molecule has 1 aliphatic rings. The first-order valence-corrected chi connectivity index (χ1v) is 10.0. The lowest BCUT2D eigenvalue weighted by Crippen LogP contribution is -2.27. The number of amides is 1. The molecule has 2 aromatic carbocycles. The average molecular weight is 431 g/mol. The molecule has 4 nitrogen and oxygen atoms in total. The fraction of sp³-hybridized carbons (Fsp3) is 0.375. The first-order chi connectivity index (χ1) is 14.5. The van der Waals surface area contributed by atoms with E-state index in [-0.39, 0.29) is 31.0 Å². The van der Waals surface area contributed by atoms with Gasteiger partial charge in [-0.15, -0.1) is 0 Å². The average Bonchev–Trinajstić information content (AvgIpc) is 2.93. The number of ketones is 2. The number of Topliss-reactive ketones (excluding diaryl/α,β-unsaturated/α-hetero) is 2. The molecule has 1 fully saturated rings. The van der Waals surface area contributed by atoms with Gasteiger partial charge >= 0.3 is 6.18 Å². The maximum atomic E-state index is 12.9. The molecule has 0 aliphatic heterocycles. The van der Waals surface area contributed by atoms with Crippen LogP contribution in [0.1, 0.15) is 52.1 Å². The number of carbonyl (C=O) groups excluding carboxylic acids is 3. The third-order valence-corrected chi connectivity index (χ3v) is 5.69. The Bertz CT molecular complexity index is 1000. The first-order valence-electron chi connectivity index (χ1n) is 10.0. The van der Waals surface area contributed by atoms with E-state index in [1.165, 1.54) is 12.1 Å². The van der Waals surface area contributed by atoms with Gasteiger partial charge < -0.3 is 5.32 Å². The van der Waals surface area contributed by atoms with Gasteiger partial charge in [-0.2, -0.15) is 13.2 Å². The fourth-order valence-electron chi connectivity index (χ4n) is 4.29. The van der Waals surface area contributed by atoms with Crippen molar-refractivity contribution in [3.05, 3.63) is 69.8 Å². The first kappa shape index (κ1) is 22.7. The van der Waals surface area contributed by atoms with Gasteiger partial charge in [0.05, 0.1) is 5.56 Å². The number of aryl methyl sites for hydroxylation is 3. The minimum absolute atomic E-state index is 0.0178. The number of alkyl halides is 3. The van der Waals surface area contributed by atoms with Crippen LogP contribution in [-0.4, -0.2) is 17.5 Å². The van der Waals surface area contributed by atoms with E-state index >= 15 is 0 Å². The summed E-state index contributed by atoms with van der Waals surface area (Å²) in [5.74, 6) is -2.37. The Hall–Kier alpha value is -2.96. The number of carbonyl (C=O) groups is 3. The van der Waals surface area contributed by atoms with Gasteiger partial charge in [0.1, 0.15) is 11.7 Å². The zero-order valence-electron chi connectivity index (χ0n) is 17.6. The van der Waals surface area contributed by atoms with E-state index in [0.29, 0.717) is 5.56 Å². The second kappa shape index (κ2) is 8.65. The molecular formula is C24H24F3NO3. The summed E-state index contributed by atoms with van der Waals surface area (Å²) < 4.78 is 37.9. The summed E-state index contributed by atoms with van der Waals surface area (Å²) in [4.78, 5) is 37.9. The second-order valence-corrected chi connectivity index (χ2v) is 8.19. The predicted octanol–water partition coefficient (Wildman–Crippen LogP) is 4.58. The quantitative estimate of drug-likeness (QED) is 0.705. The van der Waals surface area contributed by atoms with E-state index in [9.17, 15) is 27.6 Å². The summed E-state index contributed by atoms with van der Waals surface area (Å²) in [6.07, 6.45) is -4.52. The molecule has 2 unspecified atom stereocenters. The van der Waals surface area contributed by atoms with Crippen molar-refractivity contribution in [2.24, 2.45) is 5.92 Å². The van der Waals surface area contributed by atoms with Gasteiger partial charge in [-0.1, -0.05) is 29.8 Å². The van der Waals surface area contributed by atoms with Crippen LogP contribution >= 0.6 is 0 Å². The normalized spacial score (nSPS) is 19.0. The predicted molar refractivity (Wildman–Crippen MR) is 109 cm³/mol. The van der Waals surface area contributed by atoms with Crippen molar-refractivity contribution >= 4 is 17.5 Å². The monoisotopic (exact) mass is 431 g/mol. The van der Waals surface area contributed by atoms with Crippen LogP contribution in [0.5, 0.6) is 0 Å². The van der Waals surface area contributed by atoms with Crippen molar-refractivity contribution < 1.29 is 27.6 Å². The fourth-order valence-corrected chi connectivity index (χ4v) is 4.29. The number of benzene rings is 2. The highest BCUT2D eigenvalue weighted by molar-refractivity contribution is 6.15. The minimum Gasteiger partial charge on any atom is -0.352 e. The van der Waals surface area contributed by atoms with Gasteiger partial charge in [0.2, 0.25) is 5.91 Å². The Balaban J connectivity index is 1.63. The molecule has 3 rings (SSSR count). The van der Waals surface area contributed by atoms with Crippen molar-refractivity contribution in [2.45, 2.75) is 52.3 Å². The Morgan fingerprint density at radius 3 is 2.16 bits per heavy atom. The van der Waals surface area contributed by atoms with E-state index in [2.05, 4.69) is 5.32 Å². The highest BCUT2D eigenvalue weighted by Gasteiger charge is 2.43. The van der Waals surface area contributed by atoms with Gasteiger partial charge in [-0.3, -0.25) is 14.4 Å². The Morgan fingerprint density at radius 1 is 1.03 bits per heavy atom. The van der Waals surface area contributed by atoms with Gasteiger partial charge in [0.25, 0.3) is 0 Å². The molecular weight excluding hydrogens is 407 g/mol. The van der Waals surface area contributed by atoms with Gasteiger partial charge in [-0.25, -0.2) is 0 Å². The highest BCUT2D eigenvalue weighted by atomic mass is 19.4. The molecule has 0 radical (unpaired) electrons. The van der Waals surface area contributed by atoms with E-state index in [1.54, 1.807) is 0 Å². The number of hydrogen-bond acceptors (Lipinski definition) is 3. The standard InChI is InChI=1S/C24H24F3NO3/c1-13-8-14(2)21(15(3)9-13)22-19(29)10-17(23(22)31)11-20(30)28-12-16-4-6-18(7-5-16)24(25,26)27/h4-9,17,22H,10-12H2,1-3H3,(H,28,30). The molecule has 0 saturated heterocycles. The largest absolute Gasteiger partial charge is 0.416 e. The van der Waals surface area contributed by atoms with E-state index in [4.69, 9.17) is 0 Å². The summed E-state index contributed by atoms with van der Waals surface area (Å²) >= 11 is 0. The van der Waals surface area contributed by atoms with Gasteiger partial charge in [-0.05, 0) is 55.2 Å². The molecule has 7 heteroatoms. The number of rotatable bonds is 5. The van der Waals surface area contributed by atoms with E-state index in [1.807, 2.05) is 32.9 Å². The van der Waals surface area contributed by atoms with Crippen molar-refractivity contribution in [1.82, 2.24) is 5.32 Å². The van der Waals surface area contributed by atoms with Crippen molar-refractivity contribution in [3.63, 3.8) is 0 Å². The van der Waals surface area contributed by atoms with Crippen molar-refractivity contribution in [2.75, 3.05) is 0 Å². The number of nitrogens with one attached hydrogen (secondary N) is 1. The lowest BCUT2D eigenvalue weighted by molar-refractivity contribution is -0.137. The summed E-state index contributed by atoms with van der Waals surface area (Å²) in [5.41, 5.74) is 3.31. The molecule has 1 amide bonds. The molecule has 0 bridgehead atoms. The SMILES string of the molecule is Cc1cc(C)c(C2C(=O)CC(CC(=O)NCc3ccc(C(F)(F)F)cc3)C2=O)c(C)c1. The molecule has 2 aromatic rings. The number of halogens is 3.